The van der Waals surface area contributed by atoms with Gasteiger partial charge < -0.3 is 20.5 Å². The van der Waals surface area contributed by atoms with Crippen LogP contribution in [0.3, 0.4) is 0 Å². The molecule has 0 aromatic heterocycles. The van der Waals surface area contributed by atoms with Gasteiger partial charge in [-0.25, -0.2) is 0 Å². The number of hydrogen-bond donors (Lipinski definition) is 2. The van der Waals surface area contributed by atoms with Gasteiger partial charge in [-0.05, 0) is 91.1 Å². The average molecular weight is 625 g/mol. The predicted molar refractivity (Wildman–Crippen MR) is 196 cm³/mol. The van der Waals surface area contributed by atoms with Crippen molar-refractivity contribution in [3.8, 4) is 11.5 Å². The van der Waals surface area contributed by atoms with Crippen LogP contribution < -0.4 is 20.5 Å². The lowest BCUT2D eigenvalue weighted by Gasteiger charge is -2.03. The number of anilines is 1. The summed E-state index contributed by atoms with van der Waals surface area (Å²) in [5, 5.41) is 5.21. The van der Waals surface area contributed by atoms with Crippen LogP contribution in [0.4, 0.5) is 5.69 Å². The topological polar surface area (TPSA) is 90.7 Å². The highest BCUT2D eigenvalue weighted by Gasteiger charge is 2.01. The number of carbonyl (C=O) groups is 2. The standard InChI is InChI=1S/C13H14O.C9H11NO.C8H9NO.C8H10O.2CH4/c1-3-10-4-5-12-9-13(14-2)7-6-11(12)8-10;1-7-3-5-9(6-4-7)10-8(2)11;1-6-4-2-3-5-7(6)8(9)10;1-7-5-3-4-6-8(7)9-2;;/h4-9H,3H2,1-2H3;3-6H,1-2H3,(H,10,11);2-5H,1H3,(H2,9,10);3-6H,1-2H3;2*1H4. The van der Waals surface area contributed by atoms with E-state index in [2.05, 4.69) is 42.6 Å². The minimum atomic E-state index is -0.363. The normalized spacial score (nSPS) is 9.20. The number of primary amides is 1. The Morgan fingerprint density at radius 2 is 1.26 bits per heavy atom. The first kappa shape index (κ1) is 40.9. The van der Waals surface area contributed by atoms with Gasteiger partial charge in [0.05, 0.1) is 14.2 Å². The van der Waals surface area contributed by atoms with Gasteiger partial charge in [0.2, 0.25) is 11.8 Å². The summed E-state index contributed by atoms with van der Waals surface area (Å²) in [6, 6.07) is 35.6. The highest BCUT2D eigenvalue weighted by Crippen LogP contribution is 2.22. The van der Waals surface area contributed by atoms with Gasteiger partial charge in [-0.3, -0.25) is 9.59 Å². The maximum atomic E-state index is 10.6. The number of para-hydroxylation sites is 1. The molecule has 0 saturated heterocycles. The Kier molecular flexibility index (Phi) is 19.2. The number of fused-ring (bicyclic) bond motifs is 1. The van der Waals surface area contributed by atoms with Crippen molar-refractivity contribution in [3.05, 3.63) is 137 Å². The predicted octanol–water partition coefficient (Wildman–Crippen LogP) is 9.73. The van der Waals surface area contributed by atoms with E-state index in [9.17, 15) is 9.59 Å². The Morgan fingerprint density at radius 3 is 1.74 bits per heavy atom. The van der Waals surface area contributed by atoms with Crippen LogP contribution in [-0.2, 0) is 11.2 Å². The van der Waals surface area contributed by atoms with Gasteiger partial charge in [-0.1, -0.05) is 100 Å². The van der Waals surface area contributed by atoms with Crippen LogP contribution in [0.15, 0.2) is 109 Å². The first-order chi connectivity index (χ1) is 21.1. The number of ether oxygens (including phenoxy) is 2. The summed E-state index contributed by atoms with van der Waals surface area (Å²) in [4.78, 5) is 21.2. The van der Waals surface area contributed by atoms with Crippen molar-refractivity contribution in [2.45, 2.75) is 55.9 Å². The fraction of sp³-hybridized carbons (Fsp3) is 0.250. The summed E-state index contributed by atoms with van der Waals surface area (Å²) in [7, 11) is 3.38. The lowest BCUT2D eigenvalue weighted by molar-refractivity contribution is -0.114. The van der Waals surface area contributed by atoms with E-state index in [0.29, 0.717) is 5.56 Å². The molecule has 0 bridgehead atoms. The maximum Gasteiger partial charge on any atom is 0.248 e. The maximum absolute atomic E-state index is 10.6. The molecule has 0 saturated carbocycles. The van der Waals surface area contributed by atoms with Crippen LogP contribution in [0, 0.1) is 20.8 Å². The summed E-state index contributed by atoms with van der Waals surface area (Å²) >= 11 is 0. The second kappa shape index (κ2) is 21.6. The van der Waals surface area contributed by atoms with E-state index in [1.165, 1.54) is 34.4 Å². The summed E-state index contributed by atoms with van der Waals surface area (Å²) in [6.45, 7) is 9.57. The summed E-state index contributed by atoms with van der Waals surface area (Å²) in [5.74, 6) is 1.48. The zero-order valence-electron chi connectivity index (χ0n) is 26.8. The molecule has 0 radical (unpaired) electrons. The first-order valence-corrected chi connectivity index (χ1v) is 14.4. The lowest BCUT2D eigenvalue weighted by atomic mass is 10.1. The Hall–Kier alpha value is -5.10. The van der Waals surface area contributed by atoms with Gasteiger partial charge in [0.15, 0.2) is 0 Å². The first-order valence-electron chi connectivity index (χ1n) is 14.4. The molecule has 0 aliphatic rings. The third kappa shape index (κ3) is 14.1. The van der Waals surface area contributed by atoms with Crippen molar-refractivity contribution in [1.82, 2.24) is 0 Å². The molecule has 46 heavy (non-hydrogen) atoms. The van der Waals surface area contributed by atoms with Crippen LogP contribution in [0.25, 0.3) is 10.8 Å². The molecule has 0 unspecified atom stereocenters. The van der Waals surface area contributed by atoms with E-state index in [4.69, 9.17) is 15.2 Å². The Bertz CT molecular complexity index is 1590. The molecule has 0 spiro atoms. The van der Waals surface area contributed by atoms with E-state index in [1.807, 2.05) is 87.5 Å². The Balaban J connectivity index is 0.000000587. The summed E-state index contributed by atoms with van der Waals surface area (Å²) in [6.07, 6.45) is 1.09. The Morgan fingerprint density at radius 1 is 0.696 bits per heavy atom. The van der Waals surface area contributed by atoms with Crippen molar-refractivity contribution in [2.75, 3.05) is 19.5 Å². The number of carbonyl (C=O) groups excluding carboxylic acids is 2. The third-order valence-corrected chi connectivity index (χ3v) is 6.62. The zero-order chi connectivity index (χ0) is 32.5. The largest absolute Gasteiger partial charge is 0.497 e. The van der Waals surface area contributed by atoms with Crippen LogP contribution >= 0.6 is 0 Å². The molecule has 2 amide bonds. The van der Waals surface area contributed by atoms with Gasteiger partial charge >= 0.3 is 0 Å². The van der Waals surface area contributed by atoms with Crippen molar-refractivity contribution in [1.29, 1.82) is 0 Å². The molecule has 0 fully saturated rings. The molecule has 0 aliphatic carbocycles. The number of amides is 2. The highest BCUT2D eigenvalue weighted by molar-refractivity contribution is 5.94. The fourth-order valence-corrected chi connectivity index (χ4v) is 4.10. The van der Waals surface area contributed by atoms with Gasteiger partial charge in [0.1, 0.15) is 11.5 Å². The van der Waals surface area contributed by atoms with Gasteiger partial charge in [-0.15, -0.1) is 0 Å². The van der Waals surface area contributed by atoms with Crippen molar-refractivity contribution >= 4 is 28.3 Å². The van der Waals surface area contributed by atoms with Crippen LogP contribution in [-0.4, -0.2) is 26.0 Å². The molecule has 5 aromatic carbocycles. The van der Waals surface area contributed by atoms with Crippen molar-refractivity contribution in [2.24, 2.45) is 5.73 Å². The second-order valence-electron chi connectivity index (χ2n) is 10.1. The number of rotatable bonds is 5. The lowest BCUT2D eigenvalue weighted by Crippen LogP contribution is -2.12. The van der Waals surface area contributed by atoms with Gasteiger partial charge in [-0.2, -0.15) is 0 Å². The molecule has 6 nitrogen and oxygen atoms in total. The van der Waals surface area contributed by atoms with E-state index < -0.39 is 0 Å². The molecule has 246 valence electrons. The zero-order valence-corrected chi connectivity index (χ0v) is 26.8. The number of aryl methyl sites for hydroxylation is 4. The monoisotopic (exact) mass is 624 g/mol. The minimum absolute atomic E-state index is 0. The van der Waals surface area contributed by atoms with Gasteiger partial charge in [0, 0.05) is 18.2 Å². The van der Waals surface area contributed by atoms with Crippen LogP contribution in [0.5, 0.6) is 11.5 Å². The van der Waals surface area contributed by atoms with E-state index in [1.54, 1.807) is 26.4 Å². The fourth-order valence-electron chi connectivity index (χ4n) is 4.10. The van der Waals surface area contributed by atoms with E-state index in [-0.39, 0.29) is 26.7 Å². The van der Waals surface area contributed by atoms with Crippen LogP contribution in [0.2, 0.25) is 0 Å². The van der Waals surface area contributed by atoms with Gasteiger partial charge in [0.25, 0.3) is 0 Å². The van der Waals surface area contributed by atoms with E-state index in [0.717, 1.165) is 29.2 Å². The molecule has 3 N–H and O–H groups in total. The highest BCUT2D eigenvalue weighted by atomic mass is 16.5. The molecule has 5 rings (SSSR count). The Labute approximate surface area is 276 Å². The van der Waals surface area contributed by atoms with Crippen LogP contribution in [0.1, 0.15) is 61.3 Å². The second-order valence-corrected chi connectivity index (χ2v) is 10.1. The number of benzene rings is 5. The van der Waals surface area contributed by atoms with E-state index >= 15 is 0 Å². The number of hydrogen-bond acceptors (Lipinski definition) is 4. The molecule has 6 heteroatoms. The molecular formula is C40H52N2O4. The molecule has 5 aromatic rings. The molecule has 0 aliphatic heterocycles. The number of methoxy groups -OCH3 is 2. The van der Waals surface area contributed by atoms with Crippen molar-refractivity contribution < 1.29 is 19.1 Å². The smallest absolute Gasteiger partial charge is 0.248 e. The number of nitrogens with two attached hydrogens (primary N) is 1. The quantitative estimate of drug-likeness (QED) is 0.204. The number of nitrogens with one attached hydrogen (secondary N) is 1. The molecule has 0 atom stereocenters. The third-order valence-electron chi connectivity index (χ3n) is 6.62. The average Bonchev–Trinajstić information content (AvgIpc) is 3.02. The molecule has 0 heterocycles. The summed E-state index contributed by atoms with van der Waals surface area (Å²) in [5.41, 5.74) is 11.2. The minimum Gasteiger partial charge on any atom is -0.497 e. The van der Waals surface area contributed by atoms with Crippen molar-refractivity contribution in [3.63, 3.8) is 0 Å². The summed E-state index contributed by atoms with van der Waals surface area (Å²) < 4.78 is 10.2. The SMILES string of the molecule is C.C.CC(=O)Nc1ccc(C)cc1.CCc1ccc2cc(OC)ccc2c1.COc1ccccc1C.Cc1ccccc1C(N)=O. The molecular weight excluding hydrogens is 572 g/mol.